The molecule has 1 aromatic carbocycles. The van der Waals surface area contributed by atoms with Gasteiger partial charge in [0, 0.05) is 0 Å². The number of amides is 3. The molecule has 0 aromatic heterocycles. The van der Waals surface area contributed by atoms with E-state index in [4.69, 9.17) is 5.11 Å². The van der Waals surface area contributed by atoms with Crippen LogP contribution in [0.2, 0.25) is 0 Å². The maximum atomic E-state index is 12.5. The van der Waals surface area contributed by atoms with Gasteiger partial charge >= 0.3 is 6.09 Å². The highest BCUT2D eigenvalue weighted by molar-refractivity contribution is 6.21. The molecule has 0 bridgehead atoms. The van der Waals surface area contributed by atoms with Crippen molar-refractivity contribution in [3.05, 3.63) is 35.4 Å². The summed E-state index contributed by atoms with van der Waals surface area (Å²) in [6.07, 6.45) is -1.18. The second-order valence-electron chi connectivity index (χ2n) is 5.50. The standard InChI is InChI=1S/C15H18N2O4/c1-8(2)12(9(3)16-15(20)21)17-13(18)10-6-4-5-7-11(10)14(17)19/h4-9,12,16H,1-3H3,(H,20,21)/t9-,12+/m0/s1. The van der Waals surface area contributed by atoms with Crippen molar-refractivity contribution in [1.29, 1.82) is 0 Å². The summed E-state index contributed by atoms with van der Waals surface area (Å²) >= 11 is 0. The van der Waals surface area contributed by atoms with Crippen molar-refractivity contribution in [3.63, 3.8) is 0 Å². The third kappa shape index (κ3) is 2.61. The van der Waals surface area contributed by atoms with Crippen molar-refractivity contribution in [2.24, 2.45) is 5.92 Å². The minimum atomic E-state index is -1.18. The van der Waals surface area contributed by atoms with Crippen molar-refractivity contribution in [1.82, 2.24) is 10.2 Å². The number of fused-ring (bicyclic) bond motifs is 1. The van der Waals surface area contributed by atoms with Gasteiger partial charge in [0.05, 0.1) is 23.2 Å². The maximum Gasteiger partial charge on any atom is 0.404 e. The lowest BCUT2D eigenvalue weighted by molar-refractivity contribution is 0.0496. The summed E-state index contributed by atoms with van der Waals surface area (Å²) in [4.78, 5) is 37.0. The Balaban J connectivity index is 2.37. The van der Waals surface area contributed by atoms with Crippen LogP contribution in [0.4, 0.5) is 4.79 Å². The number of rotatable bonds is 4. The molecule has 0 saturated heterocycles. The Kier molecular flexibility index (Phi) is 3.97. The van der Waals surface area contributed by atoms with E-state index in [0.717, 1.165) is 0 Å². The molecule has 6 heteroatoms. The number of nitrogens with one attached hydrogen (secondary N) is 1. The molecule has 0 fully saturated rings. The summed E-state index contributed by atoms with van der Waals surface area (Å²) in [5, 5.41) is 11.2. The summed E-state index contributed by atoms with van der Waals surface area (Å²) in [6, 6.07) is 5.55. The predicted molar refractivity (Wildman–Crippen MR) is 76.2 cm³/mol. The monoisotopic (exact) mass is 290 g/mol. The first-order chi connectivity index (χ1) is 9.84. The van der Waals surface area contributed by atoms with E-state index < -0.39 is 18.2 Å². The quantitative estimate of drug-likeness (QED) is 0.830. The summed E-state index contributed by atoms with van der Waals surface area (Å²) in [7, 11) is 0. The van der Waals surface area contributed by atoms with Gasteiger partial charge in [-0.05, 0) is 25.0 Å². The van der Waals surface area contributed by atoms with Crippen molar-refractivity contribution < 1.29 is 19.5 Å². The fourth-order valence-electron chi connectivity index (χ4n) is 2.86. The molecule has 0 spiro atoms. The summed E-state index contributed by atoms with van der Waals surface area (Å²) in [6.45, 7) is 5.37. The van der Waals surface area contributed by atoms with Crippen molar-refractivity contribution in [2.45, 2.75) is 32.9 Å². The Bertz CT molecular complexity index is 562. The zero-order valence-electron chi connectivity index (χ0n) is 12.2. The molecular formula is C15H18N2O4. The van der Waals surface area contributed by atoms with E-state index in [1.165, 1.54) is 4.90 Å². The highest BCUT2D eigenvalue weighted by Crippen LogP contribution is 2.28. The van der Waals surface area contributed by atoms with E-state index in [2.05, 4.69) is 5.32 Å². The second kappa shape index (κ2) is 5.55. The van der Waals surface area contributed by atoms with Crippen LogP contribution >= 0.6 is 0 Å². The average Bonchev–Trinajstić information content (AvgIpc) is 2.64. The SMILES string of the molecule is CC(C)[C@H]([C@H](C)NC(=O)O)N1C(=O)c2ccccc2C1=O. The largest absolute Gasteiger partial charge is 0.465 e. The fraction of sp³-hybridized carbons (Fsp3) is 0.400. The van der Waals surface area contributed by atoms with Crippen LogP contribution in [0.25, 0.3) is 0 Å². The van der Waals surface area contributed by atoms with Crippen LogP contribution in [0.15, 0.2) is 24.3 Å². The molecule has 6 nitrogen and oxygen atoms in total. The Hall–Kier alpha value is -2.37. The minimum absolute atomic E-state index is 0.0749. The molecule has 0 radical (unpaired) electrons. The Morgan fingerprint density at radius 1 is 1.10 bits per heavy atom. The van der Waals surface area contributed by atoms with Gasteiger partial charge in [-0.25, -0.2) is 4.79 Å². The number of hydrogen-bond donors (Lipinski definition) is 2. The van der Waals surface area contributed by atoms with Gasteiger partial charge in [0.2, 0.25) is 0 Å². The van der Waals surface area contributed by atoms with Crippen molar-refractivity contribution >= 4 is 17.9 Å². The van der Waals surface area contributed by atoms with E-state index >= 15 is 0 Å². The van der Waals surface area contributed by atoms with Gasteiger partial charge in [0.25, 0.3) is 11.8 Å². The molecule has 2 rings (SSSR count). The molecule has 2 N–H and O–H groups in total. The van der Waals surface area contributed by atoms with E-state index in [-0.39, 0.29) is 17.7 Å². The molecule has 112 valence electrons. The molecule has 0 unspecified atom stereocenters. The zero-order chi connectivity index (χ0) is 15.7. The highest BCUT2D eigenvalue weighted by atomic mass is 16.4. The summed E-state index contributed by atoms with van der Waals surface area (Å²) < 4.78 is 0. The van der Waals surface area contributed by atoms with Crippen LogP contribution in [-0.2, 0) is 0 Å². The van der Waals surface area contributed by atoms with Crippen molar-refractivity contribution in [3.8, 4) is 0 Å². The number of carboxylic acid groups (broad SMARTS) is 1. The van der Waals surface area contributed by atoms with Crippen molar-refractivity contribution in [2.75, 3.05) is 0 Å². The summed E-state index contributed by atoms with van der Waals surface area (Å²) in [5.41, 5.74) is 0.742. The van der Waals surface area contributed by atoms with Crippen LogP contribution in [0.1, 0.15) is 41.5 Å². The van der Waals surface area contributed by atoms with E-state index in [9.17, 15) is 14.4 Å². The van der Waals surface area contributed by atoms with Gasteiger partial charge in [-0.1, -0.05) is 26.0 Å². The first kappa shape index (κ1) is 15.0. The Morgan fingerprint density at radius 3 is 1.95 bits per heavy atom. The van der Waals surface area contributed by atoms with Crippen LogP contribution in [0.5, 0.6) is 0 Å². The van der Waals surface area contributed by atoms with E-state index in [1.807, 2.05) is 13.8 Å². The summed E-state index contributed by atoms with van der Waals surface area (Å²) in [5.74, 6) is -0.810. The first-order valence-electron chi connectivity index (χ1n) is 6.81. The van der Waals surface area contributed by atoms with Crippen LogP contribution in [0.3, 0.4) is 0 Å². The van der Waals surface area contributed by atoms with Gasteiger partial charge in [-0.3, -0.25) is 14.5 Å². The topological polar surface area (TPSA) is 86.7 Å². The van der Waals surface area contributed by atoms with Gasteiger partial charge in [-0.15, -0.1) is 0 Å². The molecular weight excluding hydrogens is 272 g/mol. The molecule has 0 aliphatic carbocycles. The van der Waals surface area contributed by atoms with Gasteiger partial charge in [-0.2, -0.15) is 0 Å². The lowest BCUT2D eigenvalue weighted by Crippen LogP contribution is -2.54. The molecule has 1 aromatic rings. The molecule has 2 atom stereocenters. The number of nitrogens with zero attached hydrogens (tertiary/aromatic N) is 1. The zero-order valence-corrected chi connectivity index (χ0v) is 12.2. The number of benzene rings is 1. The average molecular weight is 290 g/mol. The second-order valence-corrected chi connectivity index (χ2v) is 5.50. The third-order valence-electron chi connectivity index (χ3n) is 3.67. The number of imide groups is 1. The fourth-order valence-corrected chi connectivity index (χ4v) is 2.86. The van der Waals surface area contributed by atoms with Gasteiger partial charge < -0.3 is 10.4 Å². The first-order valence-corrected chi connectivity index (χ1v) is 6.81. The smallest absolute Gasteiger partial charge is 0.404 e. The number of carbonyl (C=O) groups excluding carboxylic acids is 2. The van der Waals surface area contributed by atoms with Gasteiger partial charge in [0.1, 0.15) is 0 Å². The lowest BCUT2D eigenvalue weighted by atomic mass is 9.95. The highest BCUT2D eigenvalue weighted by Gasteiger charge is 2.43. The number of carbonyl (C=O) groups is 3. The molecule has 1 aliphatic rings. The predicted octanol–water partition coefficient (Wildman–Crippen LogP) is 1.96. The number of hydrogen-bond acceptors (Lipinski definition) is 3. The van der Waals surface area contributed by atoms with Gasteiger partial charge in [0.15, 0.2) is 0 Å². The Morgan fingerprint density at radius 2 is 1.57 bits per heavy atom. The Labute approximate surface area is 122 Å². The molecule has 1 heterocycles. The maximum absolute atomic E-state index is 12.5. The normalized spacial score (nSPS) is 16.9. The van der Waals surface area contributed by atoms with Crippen LogP contribution in [-0.4, -0.2) is 40.0 Å². The molecule has 0 saturated carbocycles. The van der Waals surface area contributed by atoms with E-state index in [1.54, 1.807) is 31.2 Å². The van der Waals surface area contributed by atoms with Crippen LogP contribution < -0.4 is 5.32 Å². The molecule has 1 aliphatic heterocycles. The van der Waals surface area contributed by atoms with Crippen LogP contribution in [0, 0.1) is 5.92 Å². The van der Waals surface area contributed by atoms with E-state index in [0.29, 0.717) is 11.1 Å². The lowest BCUT2D eigenvalue weighted by Gasteiger charge is -2.34. The molecule has 3 amide bonds. The third-order valence-corrected chi connectivity index (χ3v) is 3.67. The minimum Gasteiger partial charge on any atom is -0.465 e. The molecule has 21 heavy (non-hydrogen) atoms.